The number of aryl methyl sites for hydroxylation is 1. The molecule has 2 aromatic carbocycles. The number of carbonyl (C=O) groups excluding carboxylic acids is 2. The van der Waals surface area contributed by atoms with E-state index in [2.05, 4.69) is 19.9 Å². The molecule has 28 heavy (non-hydrogen) atoms. The first kappa shape index (κ1) is 19.9. The van der Waals surface area contributed by atoms with Gasteiger partial charge in [0.1, 0.15) is 5.75 Å². The summed E-state index contributed by atoms with van der Waals surface area (Å²) in [5, 5.41) is 0. The van der Waals surface area contributed by atoms with E-state index in [-0.39, 0.29) is 11.3 Å². The molecule has 0 bridgehead atoms. The van der Waals surface area contributed by atoms with Gasteiger partial charge in [0.2, 0.25) is 5.91 Å². The van der Waals surface area contributed by atoms with Crippen LogP contribution in [0.1, 0.15) is 48.7 Å². The standard InChI is InChI=1S/C23H27NO4/c1-7-24-19-12-16(14(2)10-18(19)23(3,4)13-21(24)25)17-11-15(22(26)28-6)8-9-20(17)27-5/h8-12H,7,13H2,1-6H3. The number of amides is 1. The lowest BCUT2D eigenvalue weighted by molar-refractivity contribution is -0.120. The Bertz CT molecular complexity index is 946. The lowest BCUT2D eigenvalue weighted by atomic mass is 9.75. The molecule has 0 unspecified atom stereocenters. The van der Waals surface area contributed by atoms with Crippen LogP contribution in [0, 0.1) is 6.92 Å². The van der Waals surface area contributed by atoms with Crippen molar-refractivity contribution in [2.45, 2.75) is 39.5 Å². The molecule has 5 heteroatoms. The molecule has 0 atom stereocenters. The van der Waals surface area contributed by atoms with Crippen molar-refractivity contribution in [2.24, 2.45) is 0 Å². The highest BCUT2D eigenvalue weighted by Crippen LogP contribution is 2.44. The number of benzene rings is 2. The molecule has 0 saturated heterocycles. The number of methoxy groups -OCH3 is 2. The second-order valence-corrected chi connectivity index (χ2v) is 7.79. The van der Waals surface area contributed by atoms with Crippen molar-refractivity contribution in [3.63, 3.8) is 0 Å². The maximum atomic E-state index is 12.7. The normalized spacial score (nSPS) is 15.2. The number of ether oxygens (including phenoxy) is 2. The number of hydrogen-bond acceptors (Lipinski definition) is 4. The zero-order valence-electron chi connectivity index (χ0n) is 17.4. The second kappa shape index (κ2) is 7.30. The first-order chi connectivity index (χ1) is 13.2. The Balaban J connectivity index is 2.26. The SMILES string of the molecule is CCN1C(=O)CC(C)(C)c2cc(C)c(-c3cc(C(=O)OC)ccc3OC)cc21. The van der Waals surface area contributed by atoms with Crippen LogP contribution in [0.4, 0.5) is 5.69 Å². The molecule has 0 aliphatic carbocycles. The van der Waals surface area contributed by atoms with Crippen molar-refractivity contribution in [2.75, 3.05) is 25.7 Å². The summed E-state index contributed by atoms with van der Waals surface area (Å²) in [6.45, 7) is 8.85. The fourth-order valence-corrected chi connectivity index (χ4v) is 3.97. The molecule has 1 aliphatic rings. The van der Waals surface area contributed by atoms with E-state index in [9.17, 15) is 9.59 Å². The molecule has 0 saturated carbocycles. The van der Waals surface area contributed by atoms with Crippen LogP contribution in [0.5, 0.6) is 5.75 Å². The smallest absolute Gasteiger partial charge is 0.337 e. The Morgan fingerprint density at radius 3 is 2.46 bits per heavy atom. The highest BCUT2D eigenvalue weighted by molar-refractivity contribution is 5.99. The Hall–Kier alpha value is -2.82. The topological polar surface area (TPSA) is 55.8 Å². The van der Waals surface area contributed by atoms with Gasteiger partial charge in [-0.05, 0) is 54.8 Å². The molecule has 3 rings (SSSR count). The predicted molar refractivity (Wildman–Crippen MR) is 110 cm³/mol. The predicted octanol–water partition coefficient (Wildman–Crippen LogP) is 4.49. The summed E-state index contributed by atoms with van der Waals surface area (Å²) in [7, 11) is 2.97. The fourth-order valence-electron chi connectivity index (χ4n) is 3.97. The Labute approximate surface area is 166 Å². The molecule has 0 N–H and O–H groups in total. The third-order valence-corrected chi connectivity index (χ3v) is 5.48. The molecular formula is C23H27NO4. The number of nitrogens with zero attached hydrogens (tertiary/aromatic N) is 1. The summed E-state index contributed by atoms with van der Waals surface area (Å²) in [6.07, 6.45) is 0.494. The van der Waals surface area contributed by atoms with Crippen LogP contribution in [0.2, 0.25) is 0 Å². The summed E-state index contributed by atoms with van der Waals surface area (Å²) in [6, 6.07) is 9.45. The Morgan fingerprint density at radius 2 is 1.86 bits per heavy atom. The molecule has 0 fully saturated rings. The molecule has 0 aromatic heterocycles. The minimum atomic E-state index is -0.397. The summed E-state index contributed by atoms with van der Waals surface area (Å²) in [5.41, 5.74) is 5.13. The minimum absolute atomic E-state index is 0.130. The molecule has 1 amide bonds. The molecule has 0 radical (unpaired) electrons. The highest BCUT2D eigenvalue weighted by atomic mass is 16.5. The maximum absolute atomic E-state index is 12.7. The third-order valence-electron chi connectivity index (χ3n) is 5.48. The van der Waals surface area contributed by atoms with Gasteiger partial charge in [0.05, 0.1) is 19.8 Å². The third kappa shape index (κ3) is 3.26. The van der Waals surface area contributed by atoms with E-state index in [1.165, 1.54) is 12.7 Å². The van der Waals surface area contributed by atoms with Crippen molar-refractivity contribution in [1.29, 1.82) is 0 Å². The Kier molecular flexibility index (Phi) is 5.20. The molecule has 148 valence electrons. The van der Waals surface area contributed by atoms with E-state index in [4.69, 9.17) is 9.47 Å². The van der Waals surface area contributed by atoms with Gasteiger partial charge in [-0.1, -0.05) is 19.9 Å². The van der Waals surface area contributed by atoms with E-state index in [1.807, 2.05) is 24.8 Å². The van der Waals surface area contributed by atoms with Crippen LogP contribution >= 0.6 is 0 Å². The molecule has 0 spiro atoms. The number of anilines is 1. The molecule has 1 aliphatic heterocycles. The largest absolute Gasteiger partial charge is 0.496 e. The number of hydrogen-bond donors (Lipinski definition) is 0. The summed E-state index contributed by atoms with van der Waals surface area (Å²) in [4.78, 5) is 26.5. The average Bonchev–Trinajstić information content (AvgIpc) is 2.67. The average molecular weight is 381 g/mol. The van der Waals surface area contributed by atoms with E-state index in [0.29, 0.717) is 24.3 Å². The van der Waals surface area contributed by atoms with Crippen LogP contribution in [-0.2, 0) is 14.9 Å². The van der Waals surface area contributed by atoms with Gasteiger partial charge in [-0.25, -0.2) is 4.79 Å². The number of esters is 1. The van der Waals surface area contributed by atoms with Crippen molar-refractivity contribution < 1.29 is 19.1 Å². The van der Waals surface area contributed by atoms with Crippen molar-refractivity contribution in [1.82, 2.24) is 0 Å². The number of carbonyl (C=O) groups is 2. The van der Waals surface area contributed by atoms with Gasteiger partial charge in [-0.3, -0.25) is 4.79 Å². The van der Waals surface area contributed by atoms with Gasteiger partial charge in [0.15, 0.2) is 0 Å². The quantitative estimate of drug-likeness (QED) is 0.732. The van der Waals surface area contributed by atoms with Crippen LogP contribution in [0.3, 0.4) is 0 Å². The van der Waals surface area contributed by atoms with Crippen LogP contribution < -0.4 is 9.64 Å². The van der Waals surface area contributed by atoms with Gasteiger partial charge in [-0.2, -0.15) is 0 Å². The van der Waals surface area contributed by atoms with Crippen LogP contribution in [-0.4, -0.2) is 32.6 Å². The van der Waals surface area contributed by atoms with Gasteiger partial charge < -0.3 is 14.4 Å². The fraction of sp³-hybridized carbons (Fsp3) is 0.391. The van der Waals surface area contributed by atoms with Crippen LogP contribution in [0.15, 0.2) is 30.3 Å². The zero-order chi connectivity index (χ0) is 20.6. The van der Waals surface area contributed by atoms with Crippen LogP contribution in [0.25, 0.3) is 11.1 Å². The summed E-state index contributed by atoms with van der Waals surface area (Å²) < 4.78 is 10.4. The van der Waals surface area contributed by atoms with Gasteiger partial charge >= 0.3 is 5.97 Å². The van der Waals surface area contributed by atoms with E-state index < -0.39 is 5.97 Å². The number of rotatable bonds is 4. The summed E-state index contributed by atoms with van der Waals surface area (Å²) in [5.74, 6) is 0.399. The van der Waals surface area contributed by atoms with Gasteiger partial charge in [0, 0.05) is 29.6 Å². The van der Waals surface area contributed by atoms with Crippen molar-refractivity contribution in [3.05, 3.63) is 47.0 Å². The van der Waals surface area contributed by atoms with Crippen molar-refractivity contribution >= 4 is 17.6 Å². The molecule has 2 aromatic rings. The zero-order valence-corrected chi connectivity index (χ0v) is 17.4. The van der Waals surface area contributed by atoms with Gasteiger partial charge in [-0.15, -0.1) is 0 Å². The Morgan fingerprint density at radius 1 is 1.14 bits per heavy atom. The maximum Gasteiger partial charge on any atom is 0.337 e. The lowest BCUT2D eigenvalue weighted by Gasteiger charge is -2.39. The monoisotopic (exact) mass is 381 g/mol. The van der Waals surface area contributed by atoms with Gasteiger partial charge in [0.25, 0.3) is 0 Å². The van der Waals surface area contributed by atoms with E-state index >= 15 is 0 Å². The first-order valence-corrected chi connectivity index (χ1v) is 9.45. The number of fused-ring (bicyclic) bond motifs is 1. The molecular weight excluding hydrogens is 354 g/mol. The second-order valence-electron chi connectivity index (χ2n) is 7.79. The minimum Gasteiger partial charge on any atom is -0.496 e. The van der Waals surface area contributed by atoms with E-state index in [1.54, 1.807) is 25.3 Å². The summed E-state index contributed by atoms with van der Waals surface area (Å²) >= 11 is 0. The van der Waals surface area contributed by atoms with Crippen molar-refractivity contribution in [3.8, 4) is 16.9 Å². The molecule has 1 heterocycles. The molecule has 5 nitrogen and oxygen atoms in total. The van der Waals surface area contributed by atoms with E-state index in [0.717, 1.165) is 22.4 Å². The first-order valence-electron chi connectivity index (χ1n) is 9.45. The lowest BCUT2D eigenvalue weighted by Crippen LogP contribution is -2.41. The highest BCUT2D eigenvalue weighted by Gasteiger charge is 2.36.